The molecule has 1 N–H and O–H groups in total. The van der Waals surface area contributed by atoms with E-state index in [0.29, 0.717) is 14.7 Å². The summed E-state index contributed by atoms with van der Waals surface area (Å²) >= 11 is 2.02. The van der Waals surface area contributed by atoms with E-state index in [1.165, 1.54) is 0 Å². The number of fused-ring (bicyclic) bond motifs is 1. The van der Waals surface area contributed by atoms with Crippen molar-refractivity contribution in [3.8, 4) is 5.75 Å². The van der Waals surface area contributed by atoms with Gasteiger partial charge in [-0.2, -0.15) is 0 Å². The average molecular weight is 457 g/mol. The molecule has 3 nitrogen and oxygen atoms in total. The standard InChI is InChI=1S/C19H17IO3.ClH/c1-2-3-7-17-18(13-6-4-5-8-16(13)23-17)19(22)12-9-10-15(21)14(20)11-12;/h4-6,8-11,21H,2-3,7H2,1H3;1H. The first-order valence-corrected chi connectivity index (χ1v) is 8.73. The molecule has 0 aliphatic carbocycles. The zero-order valence-electron chi connectivity index (χ0n) is 13.2. The smallest absolute Gasteiger partial charge is 0.197 e. The minimum atomic E-state index is -0.0565. The molecule has 0 saturated carbocycles. The first-order valence-electron chi connectivity index (χ1n) is 7.65. The molecule has 3 aromatic rings. The minimum Gasteiger partial charge on any atom is -0.507 e. The monoisotopic (exact) mass is 456 g/mol. The highest BCUT2D eigenvalue weighted by Gasteiger charge is 2.22. The van der Waals surface area contributed by atoms with E-state index in [2.05, 4.69) is 6.92 Å². The molecule has 0 aliphatic heterocycles. The molecule has 0 atom stereocenters. The van der Waals surface area contributed by atoms with Gasteiger partial charge in [0.2, 0.25) is 0 Å². The average Bonchev–Trinajstić information content (AvgIpc) is 2.93. The highest BCUT2D eigenvalue weighted by atomic mass is 127. The third-order valence-electron chi connectivity index (χ3n) is 3.86. The van der Waals surface area contributed by atoms with Crippen molar-refractivity contribution in [2.24, 2.45) is 0 Å². The molecule has 5 heteroatoms. The number of hydrogen-bond acceptors (Lipinski definition) is 3. The van der Waals surface area contributed by atoms with Crippen LogP contribution in [0.15, 0.2) is 46.9 Å². The lowest BCUT2D eigenvalue weighted by Gasteiger charge is -2.04. The van der Waals surface area contributed by atoms with E-state index in [-0.39, 0.29) is 23.9 Å². The Morgan fingerprint density at radius 3 is 2.67 bits per heavy atom. The lowest BCUT2D eigenvalue weighted by Crippen LogP contribution is -2.04. The van der Waals surface area contributed by atoms with Crippen molar-refractivity contribution in [3.63, 3.8) is 0 Å². The Morgan fingerprint density at radius 1 is 1.21 bits per heavy atom. The molecule has 0 spiro atoms. The fourth-order valence-electron chi connectivity index (χ4n) is 2.65. The summed E-state index contributed by atoms with van der Waals surface area (Å²) in [7, 11) is 0. The van der Waals surface area contributed by atoms with Crippen molar-refractivity contribution in [2.75, 3.05) is 0 Å². The predicted molar refractivity (Wildman–Crippen MR) is 106 cm³/mol. The van der Waals surface area contributed by atoms with Crippen LogP contribution in [0.5, 0.6) is 5.75 Å². The molecule has 0 radical (unpaired) electrons. The van der Waals surface area contributed by atoms with Gasteiger partial charge in [-0.1, -0.05) is 31.5 Å². The summed E-state index contributed by atoms with van der Waals surface area (Å²) in [4.78, 5) is 13.0. The quantitative estimate of drug-likeness (QED) is 0.393. The number of para-hydroxylation sites is 1. The molecule has 1 heterocycles. The number of aryl methyl sites for hydroxylation is 1. The van der Waals surface area contributed by atoms with Crippen LogP contribution < -0.4 is 0 Å². The molecule has 0 saturated heterocycles. The summed E-state index contributed by atoms with van der Waals surface area (Å²) in [6.07, 6.45) is 2.77. The number of ketones is 1. The van der Waals surface area contributed by atoms with Gasteiger partial charge in [0.25, 0.3) is 0 Å². The van der Waals surface area contributed by atoms with E-state index in [4.69, 9.17) is 4.42 Å². The summed E-state index contributed by atoms with van der Waals surface area (Å²) in [6.45, 7) is 2.12. The molecule has 1 aromatic heterocycles. The van der Waals surface area contributed by atoms with Crippen LogP contribution in [0.3, 0.4) is 0 Å². The van der Waals surface area contributed by atoms with Gasteiger partial charge in [-0.15, -0.1) is 12.4 Å². The van der Waals surface area contributed by atoms with E-state index < -0.39 is 0 Å². The zero-order chi connectivity index (χ0) is 16.4. The Kier molecular flexibility index (Phi) is 6.29. The van der Waals surface area contributed by atoms with Crippen molar-refractivity contribution >= 4 is 51.8 Å². The molecule has 0 bridgehead atoms. The second-order valence-corrected chi connectivity index (χ2v) is 6.66. The van der Waals surface area contributed by atoms with Crippen molar-refractivity contribution in [3.05, 3.63) is 62.9 Å². The summed E-state index contributed by atoms with van der Waals surface area (Å²) in [5, 5.41) is 10.5. The lowest BCUT2D eigenvalue weighted by molar-refractivity contribution is 0.103. The van der Waals surface area contributed by atoms with Crippen LogP contribution in [-0.2, 0) is 6.42 Å². The SMILES string of the molecule is CCCCc1oc2ccccc2c1C(=O)c1ccc(O)c(I)c1.Cl. The van der Waals surface area contributed by atoms with Gasteiger partial charge < -0.3 is 9.52 Å². The number of phenols is 1. The van der Waals surface area contributed by atoms with Gasteiger partial charge in [0.1, 0.15) is 17.1 Å². The lowest BCUT2D eigenvalue weighted by atomic mass is 9.98. The van der Waals surface area contributed by atoms with Gasteiger partial charge in [0, 0.05) is 17.4 Å². The Morgan fingerprint density at radius 2 is 1.96 bits per heavy atom. The largest absolute Gasteiger partial charge is 0.507 e. The molecule has 0 aliphatic rings. The van der Waals surface area contributed by atoms with Crippen molar-refractivity contribution in [1.29, 1.82) is 0 Å². The number of carbonyl (C=O) groups excluding carboxylic acids is 1. The number of carbonyl (C=O) groups is 1. The maximum atomic E-state index is 13.0. The van der Waals surface area contributed by atoms with Crippen LogP contribution >= 0.6 is 35.0 Å². The number of phenolic OH excluding ortho intramolecular Hbond substituents is 1. The van der Waals surface area contributed by atoms with E-state index in [0.717, 1.165) is 36.0 Å². The first-order chi connectivity index (χ1) is 11.1. The third kappa shape index (κ3) is 3.59. The molecule has 126 valence electrons. The third-order valence-corrected chi connectivity index (χ3v) is 4.73. The molecular weight excluding hydrogens is 439 g/mol. The number of aromatic hydroxyl groups is 1. The van der Waals surface area contributed by atoms with E-state index in [1.807, 2.05) is 46.9 Å². The van der Waals surface area contributed by atoms with Crippen LogP contribution in [0.25, 0.3) is 11.0 Å². The fourth-order valence-corrected chi connectivity index (χ4v) is 3.17. The Hall–Kier alpha value is -1.53. The highest BCUT2D eigenvalue weighted by molar-refractivity contribution is 14.1. The second-order valence-electron chi connectivity index (χ2n) is 5.50. The summed E-state index contributed by atoms with van der Waals surface area (Å²) in [6, 6.07) is 12.6. The minimum absolute atomic E-state index is 0. The number of benzene rings is 2. The predicted octanol–water partition coefficient (Wildman–Crippen LogP) is 5.74. The van der Waals surface area contributed by atoms with Gasteiger partial charge in [-0.25, -0.2) is 0 Å². The number of unbranched alkanes of at least 4 members (excludes halogenated alkanes) is 1. The number of furan rings is 1. The molecule has 2 aromatic carbocycles. The topological polar surface area (TPSA) is 50.4 Å². The van der Waals surface area contributed by atoms with E-state index in [1.54, 1.807) is 18.2 Å². The van der Waals surface area contributed by atoms with Crippen LogP contribution in [0.4, 0.5) is 0 Å². The number of halogens is 2. The van der Waals surface area contributed by atoms with Gasteiger partial charge in [-0.05, 0) is 53.3 Å². The Bertz CT molecular complexity index is 870. The van der Waals surface area contributed by atoms with E-state index >= 15 is 0 Å². The molecule has 0 unspecified atom stereocenters. The van der Waals surface area contributed by atoms with E-state index in [9.17, 15) is 9.90 Å². The first kappa shape index (κ1) is 18.8. The number of rotatable bonds is 5. The Balaban J connectivity index is 0.00000208. The molecule has 0 amide bonds. The summed E-state index contributed by atoms with van der Waals surface area (Å²) in [5.41, 5.74) is 1.96. The van der Waals surface area contributed by atoms with Crippen molar-refractivity contribution in [2.45, 2.75) is 26.2 Å². The number of hydrogen-bond donors (Lipinski definition) is 1. The molecule has 3 rings (SSSR count). The van der Waals surface area contributed by atoms with Crippen LogP contribution in [0.2, 0.25) is 0 Å². The molecular formula is C19H18ClIO3. The summed E-state index contributed by atoms with van der Waals surface area (Å²) < 4.78 is 6.59. The van der Waals surface area contributed by atoms with Crippen LogP contribution in [-0.4, -0.2) is 10.9 Å². The zero-order valence-corrected chi connectivity index (χ0v) is 16.2. The molecule has 0 fully saturated rings. The van der Waals surface area contributed by atoms with Crippen molar-refractivity contribution < 1.29 is 14.3 Å². The Labute approximate surface area is 160 Å². The van der Waals surface area contributed by atoms with Gasteiger partial charge in [0.05, 0.1) is 9.13 Å². The molecule has 24 heavy (non-hydrogen) atoms. The maximum Gasteiger partial charge on any atom is 0.197 e. The maximum absolute atomic E-state index is 13.0. The fraction of sp³-hybridized carbons (Fsp3) is 0.211. The highest BCUT2D eigenvalue weighted by Crippen LogP contribution is 2.30. The van der Waals surface area contributed by atoms with Crippen LogP contribution in [0, 0.1) is 3.57 Å². The van der Waals surface area contributed by atoms with Crippen LogP contribution in [0.1, 0.15) is 41.4 Å². The summed E-state index contributed by atoms with van der Waals surface area (Å²) in [5.74, 6) is 0.880. The van der Waals surface area contributed by atoms with Gasteiger partial charge in [0.15, 0.2) is 5.78 Å². The van der Waals surface area contributed by atoms with Gasteiger partial charge in [-0.3, -0.25) is 4.79 Å². The van der Waals surface area contributed by atoms with Gasteiger partial charge >= 0.3 is 0 Å². The normalized spacial score (nSPS) is 10.6. The van der Waals surface area contributed by atoms with Crippen molar-refractivity contribution in [1.82, 2.24) is 0 Å². The second kappa shape index (κ2) is 8.03.